The first kappa shape index (κ1) is 15.8. The SMILES string of the molecule is CN(C)c1ccc(NC(=O)NC(=O)NC(=O)CCl)cc1. The number of anilines is 2. The fraction of sp³-hybridized carbons (Fsp3) is 0.250. The molecule has 8 heteroatoms. The number of benzene rings is 1. The minimum atomic E-state index is -0.932. The van der Waals surface area contributed by atoms with Crippen LogP contribution < -0.4 is 20.9 Å². The van der Waals surface area contributed by atoms with Crippen molar-refractivity contribution in [2.45, 2.75) is 0 Å². The van der Waals surface area contributed by atoms with Crippen LogP contribution >= 0.6 is 11.6 Å². The average molecular weight is 299 g/mol. The Balaban J connectivity index is 2.50. The Bertz CT molecular complexity index is 502. The van der Waals surface area contributed by atoms with Crippen molar-refractivity contribution in [3.63, 3.8) is 0 Å². The lowest BCUT2D eigenvalue weighted by Gasteiger charge is -2.13. The molecule has 1 aromatic carbocycles. The molecule has 1 aromatic rings. The number of amides is 5. The lowest BCUT2D eigenvalue weighted by Crippen LogP contribution is -2.44. The molecule has 3 N–H and O–H groups in total. The van der Waals surface area contributed by atoms with Crippen LogP contribution in [0, 0.1) is 0 Å². The maximum absolute atomic E-state index is 11.5. The van der Waals surface area contributed by atoms with Gasteiger partial charge in [0.25, 0.3) is 0 Å². The van der Waals surface area contributed by atoms with Gasteiger partial charge in [-0.05, 0) is 24.3 Å². The van der Waals surface area contributed by atoms with Gasteiger partial charge in [-0.25, -0.2) is 9.59 Å². The number of hydrogen-bond acceptors (Lipinski definition) is 4. The number of hydrogen-bond donors (Lipinski definition) is 3. The van der Waals surface area contributed by atoms with Crippen molar-refractivity contribution in [3.05, 3.63) is 24.3 Å². The molecule has 0 aliphatic carbocycles. The average Bonchev–Trinajstić information content (AvgIpc) is 2.38. The molecule has 5 amide bonds. The summed E-state index contributed by atoms with van der Waals surface area (Å²) >= 11 is 5.21. The van der Waals surface area contributed by atoms with Crippen molar-refractivity contribution in [3.8, 4) is 0 Å². The fourth-order valence-corrected chi connectivity index (χ4v) is 1.37. The van der Waals surface area contributed by atoms with Crippen LogP contribution in [0.25, 0.3) is 0 Å². The first-order valence-electron chi connectivity index (χ1n) is 5.67. The summed E-state index contributed by atoms with van der Waals surface area (Å²) in [5.74, 6) is -1.05. The zero-order valence-corrected chi connectivity index (χ0v) is 11.8. The second-order valence-corrected chi connectivity index (χ2v) is 4.30. The number of urea groups is 2. The lowest BCUT2D eigenvalue weighted by molar-refractivity contribution is -0.117. The minimum Gasteiger partial charge on any atom is -0.378 e. The summed E-state index contributed by atoms with van der Waals surface area (Å²) in [7, 11) is 3.79. The van der Waals surface area contributed by atoms with Crippen molar-refractivity contribution in [2.75, 3.05) is 30.2 Å². The lowest BCUT2D eigenvalue weighted by atomic mass is 10.2. The summed E-state index contributed by atoms with van der Waals surface area (Å²) in [6, 6.07) is 5.33. The molecule has 0 aliphatic heterocycles. The molecule has 0 aromatic heterocycles. The molecule has 0 radical (unpaired) electrons. The Hall–Kier alpha value is -2.28. The van der Waals surface area contributed by atoms with Gasteiger partial charge in [0.1, 0.15) is 5.88 Å². The summed E-state index contributed by atoms with van der Waals surface area (Å²) in [6.07, 6.45) is 0. The third-order valence-corrected chi connectivity index (χ3v) is 2.49. The summed E-state index contributed by atoms with van der Waals surface area (Å²) in [5.41, 5.74) is 1.49. The van der Waals surface area contributed by atoms with E-state index < -0.39 is 18.0 Å². The first-order valence-corrected chi connectivity index (χ1v) is 6.21. The summed E-state index contributed by atoms with van der Waals surface area (Å²) in [5, 5.41) is 6.28. The Morgan fingerprint density at radius 3 is 2.15 bits per heavy atom. The van der Waals surface area contributed by atoms with Gasteiger partial charge in [0.05, 0.1) is 0 Å². The molecule has 0 spiro atoms. The third-order valence-electron chi connectivity index (χ3n) is 2.24. The predicted molar refractivity (Wildman–Crippen MR) is 77.2 cm³/mol. The van der Waals surface area contributed by atoms with Crippen LogP contribution in [0.5, 0.6) is 0 Å². The molecular weight excluding hydrogens is 284 g/mol. The van der Waals surface area contributed by atoms with Crippen LogP contribution in [0.3, 0.4) is 0 Å². The summed E-state index contributed by atoms with van der Waals surface area (Å²) in [6.45, 7) is 0. The smallest absolute Gasteiger partial charge is 0.329 e. The Kier molecular flexibility index (Phi) is 5.79. The van der Waals surface area contributed by atoms with E-state index in [0.29, 0.717) is 5.69 Å². The van der Waals surface area contributed by atoms with E-state index in [2.05, 4.69) is 5.32 Å². The Morgan fingerprint density at radius 2 is 1.65 bits per heavy atom. The van der Waals surface area contributed by atoms with E-state index in [4.69, 9.17) is 11.6 Å². The van der Waals surface area contributed by atoms with E-state index in [9.17, 15) is 14.4 Å². The topological polar surface area (TPSA) is 90.5 Å². The fourth-order valence-electron chi connectivity index (χ4n) is 1.30. The van der Waals surface area contributed by atoms with E-state index >= 15 is 0 Å². The molecule has 0 unspecified atom stereocenters. The number of imide groups is 2. The van der Waals surface area contributed by atoms with Gasteiger partial charge in [0.15, 0.2) is 0 Å². The maximum Gasteiger partial charge on any atom is 0.329 e. The van der Waals surface area contributed by atoms with Gasteiger partial charge in [-0.2, -0.15) is 0 Å². The molecule has 20 heavy (non-hydrogen) atoms. The van der Waals surface area contributed by atoms with E-state index in [-0.39, 0.29) is 5.88 Å². The highest BCUT2D eigenvalue weighted by Crippen LogP contribution is 2.15. The van der Waals surface area contributed by atoms with E-state index in [1.807, 2.05) is 41.8 Å². The molecule has 0 fully saturated rings. The van der Waals surface area contributed by atoms with Gasteiger partial charge in [0, 0.05) is 25.5 Å². The zero-order chi connectivity index (χ0) is 15.1. The number of halogens is 1. The van der Waals surface area contributed by atoms with E-state index in [1.165, 1.54) is 0 Å². The number of rotatable bonds is 3. The van der Waals surface area contributed by atoms with Gasteiger partial charge < -0.3 is 10.2 Å². The van der Waals surface area contributed by atoms with E-state index in [0.717, 1.165) is 5.69 Å². The molecule has 1 rings (SSSR count). The monoisotopic (exact) mass is 298 g/mol. The molecular formula is C12H15ClN4O3. The second kappa shape index (κ2) is 7.34. The number of nitrogens with one attached hydrogen (secondary N) is 3. The van der Waals surface area contributed by atoms with Crippen molar-refractivity contribution >= 4 is 40.9 Å². The Labute approximate surface area is 121 Å². The van der Waals surface area contributed by atoms with Crippen LogP contribution in [0.4, 0.5) is 21.0 Å². The molecule has 0 heterocycles. The molecule has 0 aliphatic rings. The molecule has 7 nitrogen and oxygen atoms in total. The quantitative estimate of drug-likeness (QED) is 0.735. The standard InChI is InChI=1S/C12H15ClN4O3/c1-17(2)9-5-3-8(4-6-9)14-11(19)16-12(20)15-10(18)7-13/h3-6H,7H2,1-2H3,(H3,14,15,16,18,19,20). The molecule has 0 bridgehead atoms. The largest absolute Gasteiger partial charge is 0.378 e. The van der Waals surface area contributed by atoms with Crippen LogP contribution in [0.1, 0.15) is 0 Å². The molecule has 0 saturated heterocycles. The second-order valence-electron chi connectivity index (χ2n) is 4.03. The van der Waals surface area contributed by atoms with Crippen LogP contribution in [-0.2, 0) is 4.79 Å². The Morgan fingerprint density at radius 1 is 1.05 bits per heavy atom. The molecule has 108 valence electrons. The number of nitrogens with zero attached hydrogens (tertiary/aromatic N) is 1. The van der Waals surface area contributed by atoms with Crippen molar-refractivity contribution in [2.24, 2.45) is 0 Å². The molecule has 0 atom stereocenters. The summed E-state index contributed by atoms with van der Waals surface area (Å²) in [4.78, 5) is 35.4. The first-order chi connectivity index (χ1) is 9.42. The number of carbonyl (C=O) groups is 3. The predicted octanol–water partition coefficient (Wildman–Crippen LogP) is 1.35. The van der Waals surface area contributed by atoms with Gasteiger partial charge in [-0.15, -0.1) is 11.6 Å². The van der Waals surface area contributed by atoms with Crippen LogP contribution in [-0.4, -0.2) is 37.9 Å². The number of alkyl halides is 1. The van der Waals surface area contributed by atoms with Crippen LogP contribution in [0.15, 0.2) is 24.3 Å². The minimum absolute atomic E-state index is 0.360. The van der Waals surface area contributed by atoms with Crippen molar-refractivity contribution in [1.29, 1.82) is 0 Å². The molecule has 0 saturated carbocycles. The van der Waals surface area contributed by atoms with E-state index in [1.54, 1.807) is 12.1 Å². The van der Waals surface area contributed by atoms with Gasteiger partial charge in [0.2, 0.25) is 5.91 Å². The third kappa shape index (κ3) is 5.15. The highest BCUT2D eigenvalue weighted by molar-refractivity contribution is 6.28. The number of carbonyl (C=O) groups excluding carboxylic acids is 3. The highest BCUT2D eigenvalue weighted by Gasteiger charge is 2.10. The van der Waals surface area contributed by atoms with Crippen LogP contribution in [0.2, 0.25) is 0 Å². The normalized spacial score (nSPS) is 9.55. The van der Waals surface area contributed by atoms with Crippen molar-refractivity contribution < 1.29 is 14.4 Å². The van der Waals surface area contributed by atoms with Gasteiger partial charge >= 0.3 is 12.1 Å². The maximum atomic E-state index is 11.5. The zero-order valence-electron chi connectivity index (χ0n) is 11.1. The van der Waals surface area contributed by atoms with Crippen molar-refractivity contribution in [1.82, 2.24) is 10.6 Å². The van der Waals surface area contributed by atoms with Gasteiger partial charge in [-0.3, -0.25) is 15.4 Å². The highest BCUT2D eigenvalue weighted by atomic mass is 35.5. The summed E-state index contributed by atoms with van der Waals surface area (Å²) < 4.78 is 0. The van der Waals surface area contributed by atoms with Gasteiger partial charge in [-0.1, -0.05) is 0 Å².